The van der Waals surface area contributed by atoms with Gasteiger partial charge in [-0.05, 0) is 25.0 Å². The molecule has 1 saturated carbocycles. The van der Waals surface area contributed by atoms with E-state index in [1.54, 1.807) is 0 Å². The Morgan fingerprint density at radius 1 is 1.06 bits per heavy atom. The van der Waals surface area contributed by atoms with Crippen molar-refractivity contribution in [3.05, 3.63) is 41.4 Å². The third-order valence-electron chi connectivity index (χ3n) is 3.26. The second-order valence-electron chi connectivity index (χ2n) is 4.56. The highest BCUT2D eigenvalue weighted by atomic mass is 35.5. The number of rotatable bonds is 2. The van der Waals surface area contributed by atoms with Crippen molar-refractivity contribution in [3.63, 3.8) is 0 Å². The molecule has 0 heterocycles. The quantitative estimate of drug-likeness (QED) is 0.883. The number of nitrogens with two attached hydrogens (primary N) is 1. The lowest BCUT2D eigenvalue weighted by atomic mass is 9.90. The second-order valence-corrected chi connectivity index (χ2v) is 4.97. The normalized spacial score (nSPS) is 23.4. The second kappa shape index (κ2) is 4.21. The summed E-state index contributed by atoms with van der Waals surface area (Å²) in [6, 6.07) is 12.2. The first-order valence-electron chi connectivity index (χ1n) is 5.83. The average Bonchev–Trinajstić information content (AvgIpc) is 2.31. The molecule has 2 N–H and O–H groups in total. The Morgan fingerprint density at radius 3 is 2.47 bits per heavy atom. The van der Waals surface area contributed by atoms with Crippen LogP contribution in [0.1, 0.15) is 12.8 Å². The first kappa shape index (κ1) is 10.9. The van der Waals surface area contributed by atoms with Crippen molar-refractivity contribution in [2.24, 2.45) is 5.73 Å². The topological polar surface area (TPSA) is 35.2 Å². The molecule has 2 aromatic carbocycles. The van der Waals surface area contributed by atoms with E-state index in [1.807, 2.05) is 36.4 Å². The molecule has 0 aromatic heterocycles. The van der Waals surface area contributed by atoms with Gasteiger partial charge in [-0.3, -0.25) is 0 Å². The van der Waals surface area contributed by atoms with Crippen molar-refractivity contribution in [1.29, 1.82) is 0 Å². The first-order chi connectivity index (χ1) is 8.24. The van der Waals surface area contributed by atoms with Crippen LogP contribution in [0, 0.1) is 0 Å². The van der Waals surface area contributed by atoms with E-state index in [0.29, 0.717) is 6.04 Å². The summed E-state index contributed by atoms with van der Waals surface area (Å²) in [5.41, 5.74) is 5.76. The van der Waals surface area contributed by atoms with E-state index in [0.717, 1.165) is 34.4 Å². The zero-order valence-corrected chi connectivity index (χ0v) is 10.2. The molecule has 0 unspecified atom stereocenters. The number of fused-ring (bicyclic) bond motifs is 1. The van der Waals surface area contributed by atoms with Crippen molar-refractivity contribution in [2.45, 2.75) is 25.0 Å². The Bertz CT molecular complexity index is 549. The van der Waals surface area contributed by atoms with Crippen LogP contribution in [0.3, 0.4) is 0 Å². The monoisotopic (exact) mass is 247 g/mol. The Hall–Kier alpha value is -1.25. The van der Waals surface area contributed by atoms with Gasteiger partial charge in [0, 0.05) is 21.8 Å². The molecule has 1 fully saturated rings. The summed E-state index contributed by atoms with van der Waals surface area (Å²) >= 11 is 6.16. The maximum absolute atomic E-state index is 6.16. The summed E-state index contributed by atoms with van der Waals surface area (Å²) in [7, 11) is 0. The predicted octanol–water partition coefficient (Wildman–Crippen LogP) is 3.36. The molecular formula is C14H14ClNO. The number of ether oxygens (including phenoxy) is 1. The van der Waals surface area contributed by atoms with Crippen LogP contribution >= 0.6 is 11.6 Å². The van der Waals surface area contributed by atoms with Crippen LogP contribution in [-0.4, -0.2) is 12.1 Å². The van der Waals surface area contributed by atoms with Gasteiger partial charge in [0.25, 0.3) is 0 Å². The molecule has 0 radical (unpaired) electrons. The maximum Gasteiger partial charge on any atom is 0.127 e. The average molecular weight is 248 g/mol. The van der Waals surface area contributed by atoms with Crippen LogP contribution in [0.15, 0.2) is 36.4 Å². The van der Waals surface area contributed by atoms with Gasteiger partial charge in [0.15, 0.2) is 0 Å². The number of hydrogen-bond donors (Lipinski definition) is 1. The van der Waals surface area contributed by atoms with Crippen LogP contribution in [0.5, 0.6) is 5.75 Å². The van der Waals surface area contributed by atoms with E-state index in [1.165, 1.54) is 0 Å². The fourth-order valence-corrected chi connectivity index (χ4v) is 2.45. The molecule has 0 saturated heterocycles. The molecule has 88 valence electrons. The Labute approximate surface area is 105 Å². The smallest absolute Gasteiger partial charge is 0.127 e. The molecule has 2 nitrogen and oxygen atoms in total. The van der Waals surface area contributed by atoms with Crippen LogP contribution in [-0.2, 0) is 0 Å². The Balaban J connectivity index is 1.96. The van der Waals surface area contributed by atoms with E-state index < -0.39 is 0 Å². The van der Waals surface area contributed by atoms with Gasteiger partial charge in [0.1, 0.15) is 11.9 Å². The van der Waals surface area contributed by atoms with Crippen molar-refractivity contribution in [1.82, 2.24) is 0 Å². The number of benzene rings is 2. The minimum Gasteiger partial charge on any atom is -0.490 e. The minimum absolute atomic E-state index is 0.259. The van der Waals surface area contributed by atoms with Crippen LogP contribution in [0.4, 0.5) is 0 Å². The minimum atomic E-state index is 0.259. The fourth-order valence-electron chi connectivity index (χ4n) is 2.22. The molecule has 0 spiro atoms. The highest BCUT2D eigenvalue weighted by molar-refractivity contribution is 6.35. The van der Waals surface area contributed by atoms with Crippen molar-refractivity contribution < 1.29 is 4.74 Å². The first-order valence-corrected chi connectivity index (χ1v) is 6.21. The van der Waals surface area contributed by atoms with Crippen molar-refractivity contribution in [2.75, 3.05) is 0 Å². The van der Waals surface area contributed by atoms with Crippen LogP contribution in [0.25, 0.3) is 10.8 Å². The SMILES string of the molecule is NC1CC(Oc2ccc(Cl)c3ccccc23)C1. The summed E-state index contributed by atoms with van der Waals surface area (Å²) in [6.45, 7) is 0. The molecule has 17 heavy (non-hydrogen) atoms. The fraction of sp³-hybridized carbons (Fsp3) is 0.286. The summed E-state index contributed by atoms with van der Waals surface area (Å²) in [5, 5.41) is 2.87. The molecular weight excluding hydrogens is 234 g/mol. The Morgan fingerprint density at radius 2 is 1.76 bits per heavy atom. The molecule has 0 atom stereocenters. The third-order valence-corrected chi connectivity index (χ3v) is 3.59. The largest absolute Gasteiger partial charge is 0.490 e. The molecule has 0 bridgehead atoms. The van der Waals surface area contributed by atoms with Gasteiger partial charge in [-0.15, -0.1) is 0 Å². The highest BCUT2D eigenvalue weighted by Gasteiger charge is 2.28. The summed E-state index contributed by atoms with van der Waals surface area (Å²) in [6.07, 6.45) is 2.14. The van der Waals surface area contributed by atoms with Gasteiger partial charge >= 0.3 is 0 Å². The maximum atomic E-state index is 6.16. The third kappa shape index (κ3) is 1.99. The van der Waals surface area contributed by atoms with Gasteiger partial charge < -0.3 is 10.5 Å². The van der Waals surface area contributed by atoms with Crippen LogP contribution in [0.2, 0.25) is 5.02 Å². The van der Waals surface area contributed by atoms with E-state index in [2.05, 4.69) is 0 Å². The lowest BCUT2D eigenvalue weighted by Crippen LogP contribution is -2.43. The van der Waals surface area contributed by atoms with Crippen molar-refractivity contribution >= 4 is 22.4 Å². The van der Waals surface area contributed by atoms with E-state index >= 15 is 0 Å². The van der Waals surface area contributed by atoms with E-state index in [-0.39, 0.29) is 6.10 Å². The summed E-state index contributed by atoms with van der Waals surface area (Å²) in [5.74, 6) is 0.905. The predicted molar refractivity (Wildman–Crippen MR) is 70.6 cm³/mol. The van der Waals surface area contributed by atoms with Gasteiger partial charge in [-0.1, -0.05) is 35.9 Å². The van der Waals surface area contributed by atoms with Gasteiger partial charge in [-0.2, -0.15) is 0 Å². The molecule has 3 rings (SSSR count). The molecule has 0 aliphatic heterocycles. The highest BCUT2D eigenvalue weighted by Crippen LogP contribution is 2.34. The lowest BCUT2D eigenvalue weighted by Gasteiger charge is -2.33. The molecule has 1 aliphatic rings. The van der Waals surface area contributed by atoms with Gasteiger partial charge in [0.05, 0.1) is 0 Å². The van der Waals surface area contributed by atoms with Crippen molar-refractivity contribution in [3.8, 4) is 5.75 Å². The van der Waals surface area contributed by atoms with E-state index in [4.69, 9.17) is 22.1 Å². The van der Waals surface area contributed by atoms with Crippen LogP contribution < -0.4 is 10.5 Å². The molecule has 1 aliphatic carbocycles. The molecule has 0 amide bonds. The molecule has 3 heteroatoms. The zero-order chi connectivity index (χ0) is 11.8. The van der Waals surface area contributed by atoms with Gasteiger partial charge in [-0.25, -0.2) is 0 Å². The van der Waals surface area contributed by atoms with Gasteiger partial charge in [0.2, 0.25) is 0 Å². The number of halogens is 1. The van der Waals surface area contributed by atoms with E-state index in [9.17, 15) is 0 Å². The Kier molecular flexibility index (Phi) is 2.69. The zero-order valence-electron chi connectivity index (χ0n) is 9.40. The summed E-state index contributed by atoms with van der Waals surface area (Å²) < 4.78 is 5.95. The number of hydrogen-bond acceptors (Lipinski definition) is 2. The molecule has 2 aromatic rings. The standard InChI is InChI=1S/C14H14ClNO/c15-13-5-6-14(17-10-7-9(16)8-10)12-4-2-1-3-11(12)13/h1-6,9-10H,7-8,16H2. The lowest BCUT2D eigenvalue weighted by molar-refractivity contribution is 0.103. The summed E-state index contributed by atoms with van der Waals surface area (Å²) in [4.78, 5) is 0.